The Kier molecular flexibility index (Phi) is 9.69. The molecule has 0 radical (unpaired) electrons. The molecular formula is C28H36Br2O2. The first-order valence-electron chi connectivity index (χ1n) is 12.5. The molecular weight excluding hydrogens is 528 g/mol. The molecule has 4 heteroatoms. The van der Waals surface area contributed by atoms with Crippen LogP contribution in [-0.4, -0.2) is 19.5 Å². The van der Waals surface area contributed by atoms with E-state index in [0.717, 1.165) is 26.1 Å². The van der Waals surface area contributed by atoms with E-state index < -0.39 is 0 Å². The topological polar surface area (TPSA) is 18.5 Å². The lowest BCUT2D eigenvalue weighted by atomic mass is 9.96. The lowest BCUT2D eigenvalue weighted by Crippen LogP contribution is -2.22. The van der Waals surface area contributed by atoms with Crippen molar-refractivity contribution < 1.29 is 9.47 Å². The molecule has 0 saturated carbocycles. The molecule has 1 saturated heterocycles. The van der Waals surface area contributed by atoms with E-state index in [1.165, 1.54) is 107 Å². The van der Waals surface area contributed by atoms with Gasteiger partial charge >= 0.3 is 0 Å². The number of ether oxygens (including phenoxy) is 2. The van der Waals surface area contributed by atoms with Crippen molar-refractivity contribution in [3.8, 4) is 11.1 Å². The van der Waals surface area contributed by atoms with Crippen molar-refractivity contribution in [1.29, 1.82) is 0 Å². The summed E-state index contributed by atoms with van der Waals surface area (Å²) in [4.78, 5) is 0. The number of fused-ring (bicyclic) bond motifs is 3. The van der Waals surface area contributed by atoms with Crippen LogP contribution in [0.3, 0.4) is 0 Å². The summed E-state index contributed by atoms with van der Waals surface area (Å²) >= 11 is 7.46. The molecule has 1 aliphatic heterocycles. The zero-order chi connectivity index (χ0) is 22.2. The minimum atomic E-state index is 0.0747. The van der Waals surface area contributed by atoms with Crippen molar-refractivity contribution >= 4 is 31.9 Å². The maximum absolute atomic E-state index is 5.82. The van der Waals surface area contributed by atoms with Crippen LogP contribution in [0.5, 0.6) is 0 Å². The summed E-state index contributed by atoms with van der Waals surface area (Å²) in [6.07, 6.45) is 16.3. The zero-order valence-corrected chi connectivity index (χ0v) is 22.3. The third kappa shape index (κ3) is 6.68. The molecule has 4 rings (SSSR count). The van der Waals surface area contributed by atoms with Crippen LogP contribution in [0.15, 0.2) is 39.3 Å². The summed E-state index contributed by atoms with van der Waals surface area (Å²) in [5.41, 5.74) is 7.36. The number of halogens is 2. The van der Waals surface area contributed by atoms with Crippen molar-refractivity contribution in [2.45, 2.75) is 89.8 Å². The standard InChI is InChI=1S/C28H36Br2O2/c29-22-13-14-23-21(19-22)20-26-24(23)15-16-27(30)25(26)11-7-5-3-1-2-4-6-9-17-31-28-12-8-10-18-32-28/h13-16,19,28H,1-12,17-18,20H2. The summed E-state index contributed by atoms with van der Waals surface area (Å²) in [5, 5.41) is 0. The third-order valence-electron chi connectivity index (χ3n) is 6.86. The predicted octanol–water partition coefficient (Wildman–Crippen LogP) is 8.99. The molecule has 0 spiro atoms. The van der Waals surface area contributed by atoms with Gasteiger partial charge in [0.15, 0.2) is 6.29 Å². The van der Waals surface area contributed by atoms with Crippen molar-refractivity contribution in [3.05, 3.63) is 56.0 Å². The smallest absolute Gasteiger partial charge is 0.157 e. The molecule has 1 atom stereocenters. The summed E-state index contributed by atoms with van der Waals surface area (Å²) in [5.74, 6) is 0. The second-order valence-electron chi connectivity index (χ2n) is 9.28. The fourth-order valence-electron chi connectivity index (χ4n) is 5.07. The Balaban J connectivity index is 1.09. The molecule has 1 heterocycles. The van der Waals surface area contributed by atoms with E-state index >= 15 is 0 Å². The summed E-state index contributed by atoms with van der Waals surface area (Å²) < 4.78 is 13.9. The van der Waals surface area contributed by atoms with Crippen LogP contribution in [0.1, 0.15) is 87.3 Å². The van der Waals surface area contributed by atoms with Crippen LogP contribution < -0.4 is 0 Å². The zero-order valence-electron chi connectivity index (χ0n) is 19.1. The molecule has 2 aromatic rings. The van der Waals surface area contributed by atoms with Gasteiger partial charge in [0.2, 0.25) is 0 Å². The monoisotopic (exact) mass is 562 g/mol. The van der Waals surface area contributed by atoms with E-state index in [2.05, 4.69) is 62.2 Å². The molecule has 0 aromatic heterocycles. The fourth-order valence-corrected chi connectivity index (χ4v) is 6.05. The van der Waals surface area contributed by atoms with Crippen molar-refractivity contribution in [3.63, 3.8) is 0 Å². The van der Waals surface area contributed by atoms with Crippen LogP contribution in [0, 0.1) is 0 Å². The SMILES string of the molecule is Brc1ccc2c(c1)Cc1c-2ccc(Br)c1CCCCCCCCCCOC1CCCCO1. The lowest BCUT2D eigenvalue weighted by Gasteiger charge is -2.22. The Bertz CT molecular complexity index is 874. The molecule has 0 N–H and O–H groups in total. The Morgan fingerprint density at radius 1 is 0.844 bits per heavy atom. The number of hydrogen-bond acceptors (Lipinski definition) is 2. The van der Waals surface area contributed by atoms with Gasteiger partial charge in [0.1, 0.15) is 0 Å². The highest BCUT2D eigenvalue weighted by atomic mass is 79.9. The Morgan fingerprint density at radius 2 is 1.59 bits per heavy atom. The van der Waals surface area contributed by atoms with Gasteiger partial charge in [-0.2, -0.15) is 0 Å². The average Bonchev–Trinajstić information content (AvgIpc) is 3.17. The largest absolute Gasteiger partial charge is 0.353 e. The Labute approximate surface area is 210 Å². The van der Waals surface area contributed by atoms with Gasteiger partial charge in [-0.3, -0.25) is 0 Å². The number of rotatable bonds is 12. The van der Waals surface area contributed by atoms with Crippen molar-refractivity contribution in [2.75, 3.05) is 13.2 Å². The van der Waals surface area contributed by atoms with Gasteiger partial charge in [0.25, 0.3) is 0 Å². The van der Waals surface area contributed by atoms with Crippen LogP contribution >= 0.6 is 31.9 Å². The van der Waals surface area contributed by atoms with E-state index in [0.29, 0.717) is 0 Å². The van der Waals surface area contributed by atoms with Crippen LogP contribution in [0.2, 0.25) is 0 Å². The van der Waals surface area contributed by atoms with Crippen molar-refractivity contribution in [1.82, 2.24) is 0 Å². The van der Waals surface area contributed by atoms with Gasteiger partial charge in [0.05, 0.1) is 0 Å². The molecule has 2 aliphatic rings. The second-order valence-corrected chi connectivity index (χ2v) is 11.0. The first kappa shape index (κ1) is 24.4. The minimum Gasteiger partial charge on any atom is -0.353 e. The molecule has 1 unspecified atom stereocenters. The predicted molar refractivity (Wildman–Crippen MR) is 140 cm³/mol. The Hall–Kier alpha value is -0.680. The minimum absolute atomic E-state index is 0.0747. The fraction of sp³-hybridized carbons (Fsp3) is 0.571. The first-order valence-corrected chi connectivity index (χ1v) is 14.1. The maximum atomic E-state index is 5.82. The van der Waals surface area contributed by atoms with Gasteiger partial charge in [-0.15, -0.1) is 0 Å². The molecule has 0 amide bonds. The van der Waals surface area contributed by atoms with E-state index in [1.54, 1.807) is 0 Å². The molecule has 1 fully saturated rings. The molecule has 174 valence electrons. The molecule has 2 aromatic carbocycles. The highest BCUT2D eigenvalue weighted by Crippen LogP contribution is 2.42. The molecule has 32 heavy (non-hydrogen) atoms. The quantitative estimate of drug-likeness (QED) is 0.205. The summed E-state index contributed by atoms with van der Waals surface area (Å²) in [6, 6.07) is 11.2. The first-order chi connectivity index (χ1) is 15.7. The van der Waals surface area contributed by atoms with E-state index in [4.69, 9.17) is 9.47 Å². The third-order valence-corrected chi connectivity index (χ3v) is 8.10. The van der Waals surface area contributed by atoms with Crippen LogP contribution in [0.4, 0.5) is 0 Å². The summed E-state index contributed by atoms with van der Waals surface area (Å²) in [6.45, 7) is 1.74. The van der Waals surface area contributed by atoms with Gasteiger partial charge < -0.3 is 9.47 Å². The van der Waals surface area contributed by atoms with Crippen LogP contribution in [0.25, 0.3) is 11.1 Å². The van der Waals surface area contributed by atoms with Gasteiger partial charge in [-0.1, -0.05) is 82.5 Å². The number of hydrogen-bond donors (Lipinski definition) is 0. The van der Waals surface area contributed by atoms with Gasteiger partial charge in [0, 0.05) is 22.2 Å². The average molecular weight is 564 g/mol. The highest BCUT2D eigenvalue weighted by Gasteiger charge is 2.22. The normalized spacial score (nSPS) is 17.4. The van der Waals surface area contributed by atoms with E-state index in [1.807, 2.05) is 0 Å². The van der Waals surface area contributed by atoms with E-state index in [-0.39, 0.29) is 6.29 Å². The molecule has 2 nitrogen and oxygen atoms in total. The molecule has 1 aliphatic carbocycles. The molecule has 0 bridgehead atoms. The van der Waals surface area contributed by atoms with E-state index in [9.17, 15) is 0 Å². The van der Waals surface area contributed by atoms with Crippen LogP contribution in [-0.2, 0) is 22.3 Å². The second kappa shape index (κ2) is 12.7. The Morgan fingerprint density at radius 3 is 2.38 bits per heavy atom. The van der Waals surface area contributed by atoms with Gasteiger partial charge in [-0.25, -0.2) is 0 Å². The number of unbranched alkanes of at least 4 members (excludes halogenated alkanes) is 7. The summed E-state index contributed by atoms with van der Waals surface area (Å²) in [7, 11) is 0. The highest BCUT2D eigenvalue weighted by molar-refractivity contribution is 9.10. The van der Waals surface area contributed by atoms with Crippen molar-refractivity contribution in [2.24, 2.45) is 0 Å². The number of benzene rings is 2. The maximum Gasteiger partial charge on any atom is 0.157 e. The lowest BCUT2D eigenvalue weighted by molar-refractivity contribution is -0.162. The van der Waals surface area contributed by atoms with Gasteiger partial charge in [-0.05, 0) is 91.0 Å².